The molecule has 0 spiro atoms. The van der Waals surface area contributed by atoms with Gasteiger partial charge in [0.25, 0.3) is 0 Å². The lowest BCUT2D eigenvalue weighted by molar-refractivity contribution is 0.566. The number of hydrogen-bond donors (Lipinski definition) is 0. The second-order valence-electron chi connectivity index (χ2n) is 6.16. The molecule has 0 atom stereocenters. The van der Waals surface area contributed by atoms with E-state index in [1.54, 1.807) is 7.05 Å². The molecule has 0 unspecified atom stereocenters. The van der Waals surface area contributed by atoms with Gasteiger partial charge in [0.15, 0.2) is 5.82 Å². The van der Waals surface area contributed by atoms with Crippen LogP contribution < -0.4 is 0 Å². The maximum absolute atomic E-state index is 4.71. The Balaban J connectivity index is 2.45. The molecule has 26 heavy (non-hydrogen) atoms. The zero-order valence-corrected chi connectivity index (χ0v) is 16.2. The molecule has 0 aliphatic carbocycles. The SMILES string of the molecule is C=C/C(=C\N(C)C)c1cccc(-c2ncc(/C(C=NC)=C/C)c(C)n2)c1. The van der Waals surface area contributed by atoms with Crippen LogP contribution in [0.5, 0.6) is 0 Å². The van der Waals surface area contributed by atoms with Crippen LogP contribution in [-0.4, -0.2) is 42.2 Å². The Morgan fingerprint density at radius 2 is 2.00 bits per heavy atom. The van der Waals surface area contributed by atoms with Gasteiger partial charge in [0.1, 0.15) is 0 Å². The smallest absolute Gasteiger partial charge is 0.159 e. The van der Waals surface area contributed by atoms with E-state index in [9.17, 15) is 0 Å². The molecule has 0 fully saturated rings. The maximum atomic E-state index is 4.71. The van der Waals surface area contributed by atoms with E-state index in [0.29, 0.717) is 5.82 Å². The molecule has 0 aliphatic heterocycles. The van der Waals surface area contributed by atoms with E-state index in [4.69, 9.17) is 4.98 Å². The second-order valence-corrected chi connectivity index (χ2v) is 6.16. The van der Waals surface area contributed by atoms with Crippen LogP contribution in [0, 0.1) is 6.92 Å². The summed E-state index contributed by atoms with van der Waals surface area (Å²) in [4.78, 5) is 15.4. The molecule has 0 saturated heterocycles. The molecule has 0 amide bonds. The second kappa shape index (κ2) is 8.90. The average Bonchev–Trinajstić information content (AvgIpc) is 2.64. The van der Waals surface area contributed by atoms with Crippen molar-refractivity contribution in [3.05, 3.63) is 72.2 Å². The van der Waals surface area contributed by atoms with Gasteiger partial charge in [-0.05, 0) is 36.6 Å². The number of benzene rings is 1. The van der Waals surface area contributed by atoms with Gasteiger partial charge in [0.05, 0.1) is 0 Å². The number of nitrogens with zero attached hydrogens (tertiary/aromatic N) is 4. The van der Waals surface area contributed by atoms with Gasteiger partial charge in [-0.25, -0.2) is 9.97 Å². The quantitative estimate of drug-likeness (QED) is 0.565. The van der Waals surface area contributed by atoms with Gasteiger partial charge < -0.3 is 4.90 Å². The van der Waals surface area contributed by atoms with Crippen LogP contribution in [0.25, 0.3) is 22.5 Å². The van der Waals surface area contributed by atoms with Gasteiger partial charge in [-0.15, -0.1) is 0 Å². The van der Waals surface area contributed by atoms with Gasteiger partial charge in [-0.2, -0.15) is 0 Å². The molecule has 0 aliphatic rings. The van der Waals surface area contributed by atoms with E-state index in [-0.39, 0.29) is 0 Å². The fourth-order valence-electron chi connectivity index (χ4n) is 2.69. The van der Waals surface area contributed by atoms with Crippen LogP contribution in [-0.2, 0) is 0 Å². The van der Waals surface area contributed by atoms with E-state index in [0.717, 1.165) is 33.5 Å². The van der Waals surface area contributed by atoms with Crippen LogP contribution in [0.15, 0.2) is 60.4 Å². The number of aryl methyl sites for hydroxylation is 1. The van der Waals surface area contributed by atoms with Crippen molar-refractivity contribution < 1.29 is 0 Å². The minimum absolute atomic E-state index is 0.713. The van der Waals surface area contributed by atoms with E-state index < -0.39 is 0 Å². The minimum Gasteiger partial charge on any atom is -0.383 e. The van der Waals surface area contributed by atoms with Crippen LogP contribution in [0.3, 0.4) is 0 Å². The molecule has 0 saturated carbocycles. The number of rotatable bonds is 6. The third-order valence-corrected chi connectivity index (χ3v) is 3.94. The number of aliphatic imine (C=N–C) groups is 1. The summed E-state index contributed by atoms with van der Waals surface area (Å²) in [6, 6.07) is 8.21. The zero-order valence-electron chi connectivity index (χ0n) is 16.2. The van der Waals surface area contributed by atoms with E-state index in [2.05, 4.69) is 28.7 Å². The van der Waals surface area contributed by atoms with Crippen molar-refractivity contribution in [1.29, 1.82) is 0 Å². The Morgan fingerprint density at radius 1 is 1.23 bits per heavy atom. The molecule has 1 heterocycles. The molecule has 2 aromatic rings. The average molecular weight is 346 g/mol. The molecular weight excluding hydrogens is 320 g/mol. The summed E-state index contributed by atoms with van der Waals surface area (Å²) in [7, 11) is 5.76. The van der Waals surface area contributed by atoms with Crippen molar-refractivity contribution in [3.63, 3.8) is 0 Å². The molecule has 1 aromatic carbocycles. The summed E-state index contributed by atoms with van der Waals surface area (Å²) in [6.45, 7) is 7.91. The summed E-state index contributed by atoms with van der Waals surface area (Å²) in [5, 5.41) is 0. The van der Waals surface area contributed by atoms with Crippen molar-refractivity contribution in [2.45, 2.75) is 13.8 Å². The molecule has 4 nitrogen and oxygen atoms in total. The Morgan fingerprint density at radius 3 is 2.58 bits per heavy atom. The molecule has 1 aromatic heterocycles. The summed E-state index contributed by atoms with van der Waals surface area (Å²) < 4.78 is 0. The third-order valence-electron chi connectivity index (χ3n) is 3.94. The number of aromatic nitrogens is 2. The van der Waals surface area contributed by atoms with Crippen molar-refractivity contribution in [2.24, 2.45) is 4.99 Å². The van der Waals surface area contributed by atoms with Crippen molar-refractivity contribution >= 4 is 17.4 Å². The van der Waals surface area contributed by atoms with E-state index >= 15 is 0 Å². The third kappa shape index (κ3) is 4.54. The zero-order chi connectivity index (χ0) is 19.1. The lowest BCUT2D eigenvalue weighted by atomic mass is 10.0. The lowest BCUT2D eigenvalue weighted by Crippen LogP contribution is -2.02. The standard InChI is InChI=1S/C22H26N4/c1-7-17(13-23-4)21-14-24-22(25-16(21)3)20-11-9-10-19(12-20)18(8-2)15-26(5)6/h7-15H,2H2,1,3-6H3/b17-7+,18-15+,23-13?. The molecule has 0 bridgehead atoms. The summed E-state index contributed by atoms with van der Waals surface area (Å²) >= 11 is 0. The minimum atomic E-state index is 0.713. The monoisotopic (exact) mass is 346 g/mol. The molecule has 0 radical (unpaired) electrons. The summed E-state index contributed by atoms with van der Waals surface area (Å²) in [6.07, 6.45) is 9.61. The Hall–Kier alpha value is -3.01. The maximum Gasteiger partial charge on any atom is 0.159 e. The first kappa shape index (κ1) is 19.3. The molecular formula is C22H26N4. The van der Waals surface area contributed by atoms with Gasteiger partial charge in [0, 0.05) is 56.6 Å². The van der Waals surface area contributed by atoms with Gasteiger partial charge in [-0.1, -0.05) is 36.9 Å². The highest BCUT2D eigenvalue weighted by Gasteiger charge is 2.09. The van der Waals surface area contributed by atoms with Crippen molar-refractivity contribution in [2.75, 3.05) is 21.1 Å². The normalized spacial score (nSPS) is 12.5. The first-order valence-corrected chi connectivity index (χ1v) is 8.54. The highest BCUT2D eigenvalue weighted by atomic mass is 15.0. The topological polar surface area (TPSA) is 41.4 Å². The highest BCUT2D eigenvalue weighted by molar-refractivity contribution is 6.09. The van der Waals surface area contributed by atoms with Crippen LogP contribution in [0.1, 0.15) is 23.7 Å². The lowest BCUT2D eigenvalue weighted by Gasteiger charge is -2.11. The van der Waals surface area contributed by atoms with Gasteiger partial charge >= 0.3 is 0 Å². The van der Waals surface area contributed by atoms with E-state index in [1.165, 1.54) is 0 Å². The summed E-state index contributed by atoms with van der Waals surface area (Å²) in [5.74, 6) is 0.713. The van der Waals surface area contributed by atoms with Crippen LogP contribution >= 0.6 is 0 Å². The summed E-state index contributed by atoms with van der Waals surface area (Å²) in [5.41, 5.74) is 6.07. The first-order valence-electron chi connectivity index (χ1n) is 8.54. The first-order chi connectivity index (χ1) is 12.5. The largest absolute Gasteiger partial charge is 0.383 e. The number of hydrogen-bond acceptors (Lipinski definition) is 4. The van der Waals surface area contributed by atoms with Gasteiger partial charge in [0.2, 0.25) is 0 Å². The van der Waals surface area contributed by atoms with Crippen molar-refractivity contribution in [3.8, 4) is 11.4 Å². The van der Waals surface area contributed by atoms with Crippen LogP contribution in [0.2, 0.25) is 0 Å². The Bertz CT molecular complexity index is 873. The Labute approximate surface area is 156 Å². The fraction of sp³-hybridized carbons (Fsp3) is 0.227. The highest BCUT2D eigenvalue weighted by Crippen LogP contribution is 2.24. The number of allylic oxidation sites excluding steroid dienone is 4. The van der Waals surface area contributed by atoms with E-state index in [1.807, 2.05) is 75.7 Å². The predicted octanol–water partition coefficient (Wildman–Crippen LogP) is 4.64. The Kier molecular flexibility index (Phi) is 6.61. The van der Waals surface area contributed by atoms with Crippen molar-refractivity contribution in [1.82, 2.24) is 14.9 Å². The predicted molar refractivity (Wildman–Crippen MR) is 112 cm³/mol. The van der Waals surface area contributed by atoms with Crippen LogP contribution in [0.4, 0.5) is 0 Å². The molecule has 0 N–H and O–H groups in total. The molecule has 4 heteroatoms. The molecule has 2 rings (SSSR count). The fourth-order valence-corrected chi connectivity index (χ4v) is 2.69. The van der Waals surface area contributed by atoms with Gasteiger partial charge in [-0.3, -0.25) is 4.99 Å². The molecule has 134 valence electrons.